The van der Waals surface area contributed by atoms with Crippen molar-refractivity contribution in [3.05, 3.63) is 178 Å². The van der Waals surface area contributed by atoms with Crippen molar-refractivity contribution < 1.29 is 0 Å². The second-order valence-corrected chi connectivity index (χ2v) is 17.0. The number of hydrogen-bond donors (Lipinski definition) is 0. The summed E-state index contributed by atoms with van der Waals surface area (Å²) in [7, 11) is 0. The first-order valence-corrected chi connectivity index (χ1v) is 19.5. The van der Waals surface area contributed by atoms with Crippen LogP contribution in [0.1, 0.15) is 49.9 Å². The van der Waals surface area contributed by atoms with Crippen LogP contribution in [0, 0.1) is 0 Å². The van der Waals surface area contributed by atoms with Crippen LogP contribution in [0.5, 0.6) is 0 Å². The molecule has 0 nitrogen and oxygen atoms in total. The molecule has 11 rings (SSSR count). The van der Waals surface area contributed by atoms with E-state index in [9.17, 15) is 0 Å². The highest BCUT2D eigenvalue weighted by Crippen LogP contribution is 2.57. The lowest BCUT2D eigenvalue weighted by Crippen LogP contribution is -2.17. The van der Waals surface area contributed by atoms with Crippen LogP contribution < -0.4 is 0 Å². The second kappa shape index (κ2) is 10.8. The molecule has 0 atom stereocenters. The summed E-state index contributed by atoms with van der Waals surface area (Å²) in [6.45, 7) is 9.68. The first-order valence-electron chi connectivity index (χ1n) is 18.7. The maximum Gasteiger partial charge on any atom is 0.0332 e. The van der Waals surface area contributed by atoms with E-state index < -0.39 is 0 Å². The highest BCUT2D eigenvalue weighted by atomic mass is 79.9. The summed E-state index contributed by atoms with van der Waals surface area (Å²) in [5.41, 5.74) is 16.0. The summed E-state index contributed by atoms with van der Waals surface area (Å²) in [5.74, 6) is 0. The second-order valence-electron chi connectivity index (χ2n) is 16.2. The van der Waals surface area contributed by atoms with E-state index in [-0.39, 0.29) is 10.8 Å². The van der Waals surface area contributed by atoms with Crippen molar-refractivity contribution >= 4 is 59.0 Å². The molecular formula is C52H37Br. The summed E-state index contributed by atoms with van der Waals surface area (Å²) >= 11 is 3.96. The number of benzene rings is 9. The molecule has 0 fully saturated rings. The normalized spacial score (nSPS) is 14.8. The minimum absolute atomic E-state index is 0.141. The van der Waals surface area contributed by atoms with E-state index in [0.29, 0.717) is 0 Å². The summed E-state index contributed by atoms with van der Waals surface area (Å²) in [6.07, 6.45) is 0. The van der Waals surface area contributed by atoms with Gasteiger partial charge < -0.3 is 0 Å². The maximum atomic E-state index is 3.96. The molecule has 0 N–H and O–H groups in total. The number of hydrogen-bond acceptors (Lipinski definition) is 0. The fourth-order valence-electron chi connectivity index (χ4n) is 9.98. The average Bonchev–Trinajstić information content (AvgIpc) is 3.54. The van der Waals surface area contributed by atoms with Gasteiger partial charge in [0.25, 0.3) is 0 Å². The predicted octanol–water partition coefficient (Wildman–Crippen LogP) is 15.0. The minimum atomic E-state index is -0.147. The topological polar surface area (TPSA) is 0 Å². The van der Waals surface area contributed by atoms with E-state index in [1.165, 1.54) is 110 Å². The van der Waals surface area contributed by atoms with Gasteiger partial charge in [0, 0.05) is 15.3 Å². The zero-order valence-electron chi connectivity index (χ0n) is 30.3. The van der Waals surface area contributed by atoms with Crippen molar-refractivity contribution in [1.29, 1.82) is 0 Å². The van der Waals surface area contributed by atoms with Crippen LogP contribution in [0.25, 0.3) is 87.6 Å². The van der Waals surface area contributed by atoms with Crippen LogP contribution in [0.15, 0.2) is 156 Å². The standard InChI is InChI=1S/C52H37Br/c1-51(2)44-26-32(48-34-15-7-5-13-30(34)25-31-14-6-8-16-35(31)48)21-23-36(44)42-28-47-43(29-46(42)51)37-24-22-33(27-45(37)52(47,3)4)49-38-17-9-11-19-40(38)50(53)41-20-12-10-18-39(41)49/h5-29H,1-4H3. The van der Waals surface area contributed by atoms with E-state index >= 15 is 0 Å². The third-order valence-electron chi connectivity index (χ3n) is 12.7. The molecule has 9 aromatic carbocycles. The van der Waals surface area contributed by atoms with E-state index in [4.69, 9.17) is 0 Å². The van der Waals surface area contributed by atoms with Gasteiger partial charge in [-0.1, -0.05) is 149 Å². The Labute approximate surface area is 318 Å². The smallest absolute Gasteiger partial charge is 0.0332 e. The summed E-state index contributed by atoms with van der Waals surface area (Å²) in [5, 5.41) is 10.2. The van der Waals surface area contributed by atoms with Crippen molar-refractivity contribution in [2.24, 2.45) is 0 Å². The molecule has 0 spiro atoms. The predicted molar refractivity (Wildman–Crippen MR) is 230 cm³/mol. The van der Waals surface area contributed by atoms with Gasteiger partial charge in [0.1, 0.15) is 0 Å². The molecule has 9 aromatic rings. The van der Waals surface area contributed by atoms with Crippen molar-refractivity contribution in [2.45, 2.75) is 38.5 Å². The van der Waals surface area contributed by atoms with Crippen molar-refractivity contribution in [3.63, 3.8) is 0 Å². The first kappa shape index (κ1) is 31.1. The molecule has 0 amide bonds. The van der Waals surface area contributed by atoms with Crippen LogP contribution >= 0.6 is 15.9 Å². The van der Waals surface area contributed by atoms with Gasteiger partial charge in [0.2, 0.25) is 0 Å². The SMILES string of the molecule is CC1(C)c2cc(-c3c4ccccc4cc4ccccc34)ccc2-c2cc3c(cc21)-c1ccc(-c2c4ccccc4c(Br)c4ccccc24)cc1C3(C)C. The van der Waals surface area contributed by atoms with Gasteiger partial charge in [-0.05, 0) is 156 Å². The zero-order chi connectivity index (χ0) is 35.8. The molecule has 0 radical (unpaired) electrons. The molecule has 0 saturated carbocycles. The summed E-state index contributed by atoms with van der Waals surface area (Å²) in [6, 6.07) is 57.2. The molecule has 2 aliphatic carbocycles. The molecular weight excluding hydrogens is 704 g/mol. The van der Waals surface area contributed by atoms with Crippen molar-refractivity contribution in [3.8, 4) is 44.5 Å². The van der Waals surface area contributed by atoms with Crippen LogP contribution in [0.3, 0.4) is 0 Å². The van der Waals surface area contributed by atoms with Crippen LogP contribution in [-0.4, -0.2) is 0 Å². The fourth-order valence-corrected chi connectivity index (χ4v) is 10.7. The molecule has 0 heterocycles. The Bertz CT molecular complexity index is 2950. The van der Waals surface area contributed by atoms with Gasteiger partial charge in [-0.3, -0.25) is 0 Å². The van der Waals surface area contributed by atoms with Gasteiger partial charge in [0.05, 0.1) is 0 Å². The summed E-state index contributed by atoms with van der Waals surface area (Å²) in [4.78, 5) is 0. The molecule has 2 aliphatic rings. The third kappa shape index (κ3) is 4.18. The molecule has 0 saturated heterocycles. The third-order valence-corrected chi connectivity index (χ3v) is 13.5. The Morgan fingerprint density at radius 1 is 0.340 bits per heavy atom. The van der Waals surface area contributed by atoms with E-state index in [1.54, 1.807) is 0 Å². The molecule has 1 heteroatoms. The Morgan fingerprint density at radius 2 is 0.698 bits per heavy atom. The van der Waals surface area contributed by atoms with Gasteiger partial charge in [0.15, 0.2) is 0 Å². The number of fused-ring (bicyclic) bond motifs is 10. The number of halogens is 1. The van der Waals surface area contributed by atoms with Crippen LogP contribution in [0.4, 0.5) is 0 Å². The molecule has 0 aliphatic heterocycles. The largest absolute Gasteiger partial charge is 0.0616 e. The van der Waals surface area contributed by atoms with Gasteiger partial charge in [-0.15, -0.1) is 0 Å². The molecule has 252 valence electrons. The van der Waals surface area contributed by atoms with E-state index in [1.807, 2.05) is 0 Å². The van der Waals surface area contributed by atoms with Crippen LogP contribution in [0.2, 0.25) is 0 Å². The highest BCUT2D eigenvalue weighted by molar-refractivity contribution is 9.10. The lowest BCUT2D eigenvalue weighted by molar-refractivity contribution is 0.652. The molecule has 0 unspecified atom stereocenters. The van der Waals surface area contributed by atoms with E-state index in [2.05, 4.69) is 195 Å². The highest BCUT2D eigenvalue weighted by Gasteiger charge is 2.42. The Balaban J connectivity index is 1.07. The average molecular weight is 742 g/mol. The van der Waals surface area contributed by atoms with Gasteiger partial charge in [-0.2, -0.15) is 0 Å². The monoisotopic (exact) mass is 740 g/mol. The molecule has 0 bridgehead atoms. The van der Waals surface area contributed by atoms with Gasteiger partial charge >= 0.3 is 0 Å². The fraction of sp³-hybridized carbons (Fsp3) is 0.115. The van der Waals surface area contributed by atoms with Crippen molar-refractivity contribution in [1.82, 2.24) is 0 Å². The lowest BCUT2D eigenvalue weighted by atomic mass is 9.78. The van der Waals surface area contributed by atoms with E-state index in [0.717, 1.165) is 4.47 Å². The Morgan fingerprint density at radius 3 is 1.15 bits per heavy atom. The number of rotatable bonds is 2. The maximum absolute atomic E-state index is 3.96. The van der Waals surface area contributed by atoms with Crippen LogP contribution in [-0.2, 0) is 10.8 Å². The minimum Gasteiger partial charge on any atom is -0.0616 e. The quantitative estimate of drug-likeness (QED) is 0.155. The first-order chi connectivity index (χ1) is 25.7. The lowest BCUT2D eigenvalue weighted by Gasteiger charge is -2.25. The molecule has 53 heavy (non-hydrogen) atoms. The Hall–Kier alpha value is -5.50. The Kier molecular flexibility index (Phi) is 6.32. The zero-order valence-corrected chi connectivity index (χ0v) is 31.9. The van der Waals surface area contributed by atoms with Crippen molar-refractivity contribution in [2.75, 3.05) is 0 Å². The van der Waals surface area contributed by atoms with Gasteiger partial charge in [-0.25, -0.2) is 0 Å². The summed E-state index contributed by atoms with van der Waals surface area (Å²) < 4.78 is 1.16. The molecule has 0 aromatic heterocycles.